The van der Waals surface area contributed by atoms with Crippen molar-refractivity contribution in [2.24, 2.45) is 0 Å². The molecule has 1 aliphatic carbocycles. The van der Waals surface area contributed by atoms with E-state index in [4.69, 9.17) is 9.97 Å². The van der Waals surface area contributed by atoms with Crippen molar-refractivity contribution in [3.8, 4) is 0 Å². The lowest BCUT2D eigenvalue weighted by atomic mass is 9.81. The van der Waals surface area contributed by atoms with Crippen LogP contribution in [0.4, 0.5) is 0 Å². The summed E-state index contributed by atoms with van der Waals surface area (Å²) in [6.45, 7) is 6.66. The van der Waals surface area contributed by atoms with Crippen LogP contribution in [0.1, 0.15) is 46.6 Å². The maximum Gasteiger partial charge on any atom is 0.140 e. The standard InChI is InChI=1S/C23H28N4O/c1-15-11-17-18-13-26(3)10-8-21(18)27(22(17)24-12-15)14-23(28)9-4-5-20-19(23)7-6-16(2)25-20/h6-7,11-12,28H,4-5,8-10,13-14H2,1-3H3. The molecule has 28 heavy (non-hydrogen) atoms. The van der Waals surface area contributed by atoms with E-state index >= 15 is 0 Å². The van der Waals surface area contributed by atoms with Gasteiger partial charge in [-0.2, -0.15) is 0 Å². The van der Waals surface area contributed by atoms with Gasteiger partial charge in [-0.25, -0.2) is 4.98 Å². The molecule has 0 spiro atoms. The summed E-state index contributed by atoms with van der Waals surface area (Å²) in [6, 6.07) is 6.36. The maximum atomic E-state index is 11.8. The first-order valence-corrected chi connectivity index (χ1v) is 10.3. The first-order valence-electron chi connectivity index (χ1n) is 10.3. The topological polar surface area (TPSA) is 54.2 Å². The molecule has 0 aromatic carbocycles. The molecule has 5 nitrogen and oxygen atoms in total. The molecule has 1 N–H and O–H groups in total. The highest BCUT2D eigenvalue weighted by Crippen LogP contribution is 2.39. The molecule has 1 unspecified atom stereocenters. The molecule has 146 valence electrons. The van der Waals surface area contributed by atoms with Crippen molar-refractivity contribution in [3.63, 3.8) is 0 Å². The second kappa shape index (κ2) is 6.39. The molecule has 0 fully saturated rings. The fraction of sp³-hybridized carbons (Fsp3) is 0.478. The molecule has 0 bridgehead atoms. The predicted octanol–water partition coefficient (Wildman–Crippen LogP) is 3.26. The third-order valence-electron chi connectivity index (χ3n) is 6.46. The largest absolute Gasteiger partial charge is 0.383 e. The van der Waals surface area contributed by atoms with E-state index in [-0.39, 0.29) is 0 Å². The van der Waals surface area contributed by atoms with Gasteiger partial charge in [0.1, 0.15) is 11.2 Å². The van der Waals surface area contributed by atoms with Crippen LogP contribution in [-0.2, 0) is 31.5 Å². The van der Waals surface area contributed by atoms with Crippen LogP contribution in [0.2, 0.25) is 0 Å². The van der Waals surface area contributed by atoms with Gasteiger partial charge in [-0.15, -0.1) is 0 Å². The monoisotopic (exact) mass is 376 g/mol. The maximum absolute atomic E-state index is 11.8. The quantitative estimate of drug-likeness (QED) is 0.746. The Bertz CT molecular complexity index is 1070. The van der Waals surface area contributed by atoms with E-state index in [2.05, 4.69) is 35.6 Å². The Hall–Kier alpha value is -2.24. The van der Waals surface area contributed by atoms with Gasteiger partial charge in [0.15, 0.2) is 0 Å². The Morgan fingerprint density at radius 1 is 1.21 bits per heavy atom. The molecule has 4 heterocycles. The molecule has 0 amide bonds. The number of likely N-dealkylation sites (N-methyl/N-ethyl adjacent to an activating group) is 1. The van der Waals surface area contributed by atoms with Gasteiger partial charge in [0, 0.05) is 53.7 Å². The average Bonchev–Trinajstić information content (AvgIpc) is 2.94. The van der Waals surface area contributed by atoms with Gasteiger partial charge in [0.25, 0.3) is 0 Å². The Balaban J connectivity index is 1.65. The third kappa shape index (κ3) is 2.76. The summed E-state index contributed by atoms with van der Waals surface area (Å²) >= 11 is 0. The number of nitrogens with zero attached hydrogens (tertiary/aromatic N) is 4. The minimum absolute atomic E-state index is 0.552. The van der Waals surface area contributed by atoms with E-state index in [0.717, 1.165) is 61.4 Å². The number of aromatic nitrogens is 3. The van der Waals surface area contributed by atoms with Crippen molar-refractivity contribution in [2.75, 3.05) is 13.6 Å². The van der Waals surface area contributed by atoms with Crippen molar-refractivity contribution >= 4 is 11.0 Å². The van der Waals surface area contributed by atoms with Gasteiger partial charge >= 0.3 is 0 Å². The van der Waals surface area contributed by atoms with Crippen LogP contribution in [0.25, 0.3) is 11.0 Å². The van der Waals surface area contributed by atoms with Crippen molar-refractivity contribution in [1.82, 2.24) is 19.4 Å². The van der Waals surface area contributed by atoms with Gasteiger partial charge in [-0.1, -0.05) is 6.07 Å². The molecule has 5 rings (SSSR count). The smallest absolute Gasteiger partial charge is 0.140 e. The Labute approximate surface area is 166 Å². The zero-order valence-electron chi connectivity index (χ0n) is 17.0. The second-order valence-corrected chi connectivity index (χ2v) is 8.72. The van der Waals surface area contributed by atoms with Gasteiger partial charge < -0.3 is 14.6 Å². The molecular weight excluding hydrogens is 348 g/mol. The number of pyridine rings is 2. The first kappa shape index (κ1) is 17.8. The van der Waals surface area contributed by atoms with E-state index in [1.807, 2.05) is 19.2 Å². The number of aliphatic hydroxyl groups is 1. The van der Waals surface area contributed by atoms with Gasteiger partial charge in [0.2, 0.25) is 0 Å². The summed E-state index contributed by atoms with van der Waals surface area (Å²) in [5, 5.41) is 13.0. The summed E-state index contributed by atoms with van der Waals surface area (Å²) in [4.78, 5) is 11.9. The minimum Gasteiger partial charge on any atom is -0.383 e. The summed E-state index contributed by atoms with van der Waals surface area (Å²) in [7, 11) is 2.17. The SMILES string of the molecule is Cc1cnc2c(c1)c1c(n2CC2(O)CCCc3nc(C)ccc32)CCN(C)C1. The van der Waals surface area contributed by atoms with Crippen LogP contribution < -0.4 is 0 Å². The zero-order valence-corrected chi connectivity index (χ0v) is 17.0. The third-order valence-corrected chi connectivity index (χ3v) is 6.46. The minimum atomic E-state index is -0.885. The van der Waals surface area contributed by atoms with Crippen molar-refractivity contribution in [1.29, 1.82) is 0 Å². The molecule has 5 heteroatoms. The predicted molar refractivity (Wildman–Crippen MR) is 110 cm³/mol. The lowest BCUT2D eigenvalue weighted by Crippen LogP contribution is -2.37. The van der Waals surface area contributed by atoms with Crippen LogP contribution >= 0.6 is 0 Å². The molecule has 0 saturated carbocycles. The molecule has 2 aliphatic rings. The first-order chi connectivity index (χ1) is 13.4. The van der Waals surface area contributed by atoms with E-state index in [1.54, 1.807) is 0 Å². The van der Waals surface area contributed by atoms with Crippen LogP contribution in [0.3, 0.4) is 0 Å². The lowest BCUT2D eigenvalue weighted by molar-refractivity contribution is 0.000877. The van der Waals surface area contributed by atoms with Crippen LogP contribution in [0, 0.1) is 13.8 Å². The van der Waals surface area contributed by atoms with Crippen molar-refractivity contribution < 1.29 is 5.11 Å². The van der Waals surface area contributed by atoms with Crippen LogP contribution in [-0.4, -0.2) is 38.1 Å². The zero-order chi connectivity index (χ0) is 19.5. The molecule has 1 atom stereocenters. The van der Waals surface area contributed by atoms with E-state index in [1.165, 1.54) is 22.2 Å². The van der Waals surface area contributed by atoms with Crippen molar-refractivity contribution in [2.45, 2.75) is 58.2 Å². The number of hydrogen-bond donors (Lipinski definition) is 1. The van der Waals surface area contributed by atoms with Crippen molar-refractivity contribution in [3.05, 3.63) is 58.2 Å². The van der Waals surface area contributed by atoms with E-state index in [9.17, 15) is 5.11 Å². The number of hydrogen-bond acceptors (Lipinski definition) is 4. The fourth-order valence-electron chi connectivity index (χ4n) is 5.06. The highest BCUT2D eigenvalue weighted by molar-refractivity contribution is 5.83. The lowest BCUT2D eigenvalue weighted by Gasteiger charge is -2.35. The van der Waals surface area contributed by atoms with E-state index < -0.39 is 5.60 Å². The number of rotatable bonds is 2. The number of aryl methyl sites for hydroxylation is 3. The number of fused-ring (bicyclic) bond motifs is 4. The van der Waals surface area contributed by atoms with Crippen LogP contribution in [0.15, 0.2) is 24.4 Å². The Kier molecular flexibility index (Phi) is 4.07. The molecule has 3 aromatic heterocycles. The summed E-state index contributed by atoms with van der Waals surface area (Å²) in [5.74, 6) is 0. The summed E-state index contributed by atoms with van der Waals surface area (Å²) in [5.41, 5.74) is 7.10. The normalized spacial score (nSPS) is 22.3. The summed E-state index contributed by atoms with van der Waals surface area (Å²) in [6.07, 6.45) is 5.63. The molecule has 0 radical (unpaired) electrons. The molecule has 1 aliphatic heterocycles. The summed E-state index contributed by atoms with van der Waals surface area (Å²) < 4.78 is 2.30. The van der Waals surface area contributed by atoms with Crippen LogP contribution in [0.5, 0.6) is 0 Å². The molecule has 3 aromatic rings. The Morgan fingerprint density at radius 2 is 2.07 bits per heavy atom. The molecular formula is C23H28N4O. The van der Waals surface area contributed by atoms with Gasteiger partial charge in [-0.3, -0.25) is 4.98 Å². The highest BCUT2D eigenvalue weighted by Gasteiger charge is 2.37. The fourth-order valence-corrected chi connectivity index (χ4v) is 5.06. The van der Waals surface area contributed by atoms with E-state index in [0.29, 0.717) is 6.54 Å². The van der Waals surface area contributed by atoms with Gasteiger partial charge in [0.05, 0.1) is 6.54 Å². The average molecular weight is 377 g/mol. The molecule has 0 saturated heterocycles. The highest BCUT2D eigenvalue weighted by atomic mass is 16.3. The Morgan fingerprint density at radius 3 is 2.93 bits per heavy atom. The second-order valence-electron chi connectivity index (χ2n) is 8.72. The van der Waals surface area contributed by atoms with Gasteiger partial charge in [-0.05, 0) is 63.4 Å².